The second-order valence-corrected chi connectivity index (χ2v) is 12.8. The van der Waals surface area contributed by atoms with Gasteiger partial charge < -0.3 is 19.9 Å². The minimum atomic E-state index is -4.85. The number of carbonyl (C=O) groups is 3. The van der Waals surface area contributed by atoms with E-state index in [1.165, 1.54) is 43.0 Å². The Bertz CT molecular complexity index is 1590. The lowest BCUT2D eigenvalue weighted by Gasteiger charge is -2.35. The normalized spacial score (nSPS) is 17.3. The van der Waals surface area contributed by atoms with Gasteiger partial charge >= 0.3 is 12.3 Å². The molecule has 2 heterocycles. The molecule has 10 nitrogen and oxygen atoms in total. The molecular weight excluding hydrogens is 628 g/mol. The van der Waals surface area contributed by atoms with Crippen molar-refractivity contribution in [3.63, 3.8) is 0 Å². The summed E-state index contributed by atoms with van der Waals surface area (Å²) < 4.78 is 61.5. The van der Waals surface area contributed by atoms with E-state index in [4.69, 9.17) is 22.2 Å². The maximum atomic E-state index is 15.3. The van der Waals surface area contributed by atoms with Gasteiger partial charge in [-0.3, -0.25) is 19.4 Å². The number of carbonyl (C=O) groups excluding carboxylic acids is 3. The molecule has 0 spiro atoms. The molecule has 0 aromatic heterocycles. The lowest BCUT2D eigenvalue weighted by molar-refractivity contribution is -0.137. The Morgan fingerprint density at radius 2 is 1.67 bits per heavy atom. The first-order chi connectivity index (χ1) is 21.3. The lowest BCUT2D eigenvalue weighted by Crippen LogP contribution is -2.51. The van der Waals surface area contributed by atoms with Crippen LogP contribution in [0, 0.1) is 17.1 Å². The highest BCUT2D eigenvalue weighted by Crippen LogP contribution is 2.40. The molecule has 1 N–H and O–H groups in total. The van der Waals surface area contributed by atoms with Crippen molar-refractivity contribution in [3.05, 3.63) is 58.9 Å². The molecule has 4 rings (SSSR count). The minimum absolute atomic E-state index is 0.118. The maximum absolute atomic E-state index is 15.3. The summed E-state index contributed by atoms with van der Waals surface area (Å²) in [6.45, 7) is 11.2. The number of nitriles is 1. The minimum Gasteiger partial charge on any atom is -0.444 e. The molecule has 2 aliphatic heterocycles. The highest BCUT2D eigenvalue weighted by Gasteiger charge is 2.51. The molecule has 0 atom stereocenters. The van der Waals surface area contributed by atoms with E-state index >= 15 is 4.39 Å². The van der Waals surface area contributed by atoms with E-state index in [1.54, 1.807) is 25.7 Å². The van der Waals surface area contributed by atoms with Crippen molar-refractivity contribution >= 4 is 46.6 Å². The number of anilines is 2. The van der Waals surface area contributed by atoms with Gasteiger partial charge in [-0.1, -0.05) is 0 Å². The van der Waals surface area contributed by atoms with Gasteiger partial charge in [-0.25, -0.2) is 9.18 Å². The monoisotopic (exact) mass is 662 g/mol. The Hall–Kier alpha value is -4.29. The standard InChI is InChI=1S/C31H34F4N6O4S/c1-29(2,3)45-28(44)39-14-12-38(13-15-39)11-10-37-25(42)22-9-8-21(17-24(22)32)41-27(46)40(26(43)30(41,4)5)20-7-6-19(18-36)23(16-20)31(33,34)35/h6-9,16-17H,10-15H2,1-5H3,(H,37,42). The number of benzene rings is 2. The van der Waals surface area contributed by atoms with Crippen LogP contribution in [0.4, 0.5) is 33.7 Å². The third-order valence-electron chi connectivity index (χ3n) is 7.55. The molecule has 0 radical (unpaired) electrons. The van der Waals surface area contributed by atoms with Gasteiger partial charge in [-0.2, -0.15) is 18.4 Å². The molecule has 246 valence electrons. The maximum Gasteiger partial charge on any atom is 0.417 e. The van der Waals surface area contributed by atoms with Crippen molar-refractivity contribution in [2.75, 3.05) is 49.1 Å². The SMILES string of the molecule is CC(C)(C)OC(=O)N1CCN(CCNC(=O)c2ccc(N3C(=S)N(c4ccc(C#N)c(C(F)(F)F)c4)C(=O)C3(C)C)cc2F)CC1. The van der Waals surface area contributed by atoms with E-state index in [2.05, 4.69) is 10.2 Å². The highest BCUT2D eigenvalue weighted by molar-refractivity contribution is 7.81. The predicted octanol–water partition coefficient (Wildman–Crippen LogP) is 4.92. The number of hydrogen-bond donors (Lipinski definition) is 1. The zero-order chi connectivity index (χ0) is 34.2. The molecule has 2 saturated heterocycles. The van der Waals surface area contributed by atoms with Crippen molar-refractivity contribution in [1.29, 1.82) is 5.26 Å². The molecule has 2 aliphatic rings. The highest BCUT2D eigenvalue weighted by atomic mass is 32.1. The fourth-order valence-electron chi connectivity index (χ4n) is 5.19. The molecular formula is C31H34F4N6O4S. The van der Waals surface area contributed by atoms with E-state index in [0.717, 1.165) is 17.0 Å². The number of piperazine rings is 1. The molecule has 3 amide bonds. The molecule has 2 aromatic rings. The van der Waals surface area contributed by atoms with Gasteiger partial charge in [0.2, 0.25) is 0 Å². The summed E-state index contributed by atoms with van der Waals surface area (Å²) in [5, 5.41) is 11.6. The zero-order valence-electron chi connectivity index (χ0n) is 26.0. The topological polar surface area (TPSA) is 109 Å². The number of ether oxygens (including phenoxy) is 1. The summed E-state index contributed by atoms with van der Waals surface area (Å²) in [6, 6.07) is 8.00. The second-order valence-electron chi connectivity index (χ2n) is 12.4. The third-order valence-corrected chi connectivity index (χ3v) is 7.91. The van der Waals surface area contributed by atoms with Crippen LogP contribution in [-0.2, 0) is 15.7 Å². The van der Waals surface area contributed by atoms with E-state index in [0.29, 0.717) is 38.8 Å². The first kappa shape index (κ1) is 34.6. The van der Waals surface area contributed by atoms with Crippen LogP contribution < -0.4 is 15.1 Å². The molecule has 46 heavy (non-hydrogen) atoms. The van der Waals surface area contributed by atoms with Crippen molar-refractivity contribution in [2.24, 2.45) is 0 Å². The van der Waals surface area contributed by atoms with Gasteiger partial charge in [-0.15, -0.1) is 0 Å². The number of halogens is 4. The van der Waals surface area contributed by atoms with Gasteiger partial charge in [0.25, 0.3) is 11.8 Å². The smallest absolute Gasteiger partial charge is 0.417 e. The van der Waals surface area contributed by atoms with Crippen molar-refractivity contribution in [3.8, 4) is 6.07 Å². The van der Waals surface area contributed by atoms with Gasteiger partial charge in [0, 0.05) is 45.0 Å². The summed E-state index contributed by atoms with van der Waals surface area (Å²) in [7, 11) is 0. The first-order valence-corrected chi connectivity index (χ1v) is 14.8. The molecule has 0 aliphatic carbocycles. The van der Waals surface area contributed by atoms with Crippen LogP contribution in [0.3, 0.4) is 0 Å². The zero-order valence-corrected chi connectivity index (χ0v) is 26.8. The quantitative estimate of drug-likeness (QED) is 0.343. The largest absolute Gasteiger partial charge is 0.444 e. The fourth-order valence-corrected chi connectivity index (χ4v) is 5.71. The first-order valence-electron chi connectivity index (χ1n) is 14.4. The van der Waals surface area contributed by atoms with Gasteiger partial charge in [0.15, 0.2) is 5.11 Å². The third kappa shape index (κ3) is 7.23. The summed E-state index contributed by atoms with van der Waals surface area (Å²) in [6.07, 6.45) is -5.23. The number of nitrogens with one attached hydrogen (secondary N) is 1. The van der Waals surface area contributed by atoms with Crippen LogP contribution in [0.15, 0.2) is 36.4 Å². The Morgan fingerprint density at radius 1 is 1.04 bits per heavy atom. The molecule has 0 saturated carbocycles. The van der Waals surface area contributed by atoms with E-state index in [1.807, 2.05) is 0 Å². The van der Waals surface area contributed by atoms with E-state index in [-0.39, 0.29) is 34.7 Å². The number of rotatable bonds is 6. The number of amides is 3. The molecule has 2 fully saturated rings. The average Bonchev–Trinajstić information content (AvgIpc) is 3.14. The predicted molar refractivity (Wildman–Crippen MR) is 166 cm³/mol. The lowest BCUT2D eigenvalue weighted by atomic mass is 10.0. The Kier molecular flexibility index (Phi) is 9.65. The van der Waals surface area contributed by atoms with Gasteiger partial charge in [-0.05, 0) is 83.2 Å². The molecule has 0 unspecified atom stereocenters. The van der Waals surface area contributed by atoms with Crippen LogP contribution in [0.2, 0.25) is 0 Å². The van der Waals surface area contributed by atoms with Crippen LogP contribution in [0.1, 0.15) is 56.1 Å². The second kappa shape index (κ2) is 12.8. The van der Waals surface area contributed by atoms with Crippen LogP contribution >= 0.6 is 12.2 Å². The molecule has 15 heteroatoms. The van der Waals surface area contributed by atoms with Crippen LogP contribution in [0.25, 0.3) is 0 Å². The Labute approximate surface area is 269 Å². The van der Waals surface area contributed by atoms with Gasteiger partial charge in [0.1, 0.15) is 17.0 Å². The van der Waals surface area contributed by atoms with E-state index in [9.17, 15) is 27.6 Å². The summed E-state index contributed by atoms with van der Waals surface area (Å²) in [4.78, 5) is 44.4. The van der Waals surface area contributed by atoms with Crippen molar-refractivity contribution in [2.45, 2.75) is 51.9 Å². The van der Waals surface area contributed by atoms with Crippen molar-refractivity contribution in [1.82, 2.24) is 15.1 Å². The number of thiocarbonyl (C=S) groups is 1. The molecule has 0 bridgehead atoms. The Balaban J connectivity index is 1.41. The number of nitrogens with zero attached hydrogens (tertiary/aromatic N) is 5. The van der Waals surface area contributed by atoms with Crippen molar-refractivity contribution < 1.29 is 36.7 Å². The number of alkyl halides is 3. The van der Waals surface area contributed by atoms with Gasteiger partial charge in [0.05, 0.1) is 28.4 Å². The van der Waals surface area contributed by atoms with E-state index < -0.39 is 46.1 Å². The fraction of sp³-hybridized carbons (Fsp3) is 0.452. The average molecular weight is 663 g/mol. The number of hydrogen-bond acceptors (Lipinski definition) is 7. The van der Waals surface area contributed by atoms with Crippen LogP contribution in [0.5, 0.6) is 0 Å². The summed E-state index contributed by atoms with van der Waals surface area (Å²) in [5.41, 5.74) is -4.16. The summed E-state index contributed by atoms with van der Waals surface area (Å²) >= 11 is 5.49. The molecule has 2 aromatic carbocycles. The van der Waals surface area contributed by atoms with Crippen LogP contribution in [-0.4, -0.2) is 83.2 Å². The summed E-state index contributed by atoms with van der Waals surface area (Å²) in [5.74, 6) is -2.21. The Morgan fingerprint density at radius 3 is 2.24 bits per heavy atom.